The summed E-state index contributed by atoms with van der Waals surface area (Å²) in [5, 5.41) is 5.72. The molecular weight excluding hydrogens is 328 g/mol. The molecule has 0 spiro atoms. The van der Waals surface area contributed by atoms with Crippen molar-refractivity contribution in [2.45, 2.75) is 20.8 Å². The Labute approximate surface area is 146 Å². The molecule has 0 bridgehead atoms. The first-order valence-corrected chi connectivity index (χ1v) is 7.74. The molecule has 0 radical (unpaired) electrons. The molecule has 0 fully saturated rings. The molecule has 24 heavy (non-hydrogen) atoms. The molecule has 2 aromatic carbocycles. The highest BCUT2D eigenvalue weighted by Gasteiger charge is 2.17. The number of aryl methyl sites for hydroxylation is 1. The van der Waals surface area contributed by atoms with E-state index >= 15 is 0 Å². The number of benzene rings is 2. The minimum atomic E-state index is -0.336. The summed E-state index contributed by atoms with van der Waals surface area (Å²) >= 11 is 6.16. The van der Waals surface area contributed by atoms with Gasteiger partial charge in [0.15, 0.2) is 0 Å². The number of ether oxygens (including phenoxy) is 1. The smallest absolute Gasteiger partial charge is 0.259 e. The van der Waals surface area contributed by atoms with Crippen LogP contribution in [0.15, 0.2) is 30.3 Å². The molecule has 2 rings (SSSR count). The molecule has 6 heteroatoms. The molecular formula is C18H19ClN2O3. The van der Waals surface area contributed by atoms with E-state index in [1.807, 2.05) is 32.0 Å². The van der Waals surface area contributed by atoms with E-state index < -0.39 is 0 Å². The normalized spacial score (nSPS) is 10.2. The van der Waals surface area contributed by atoms with E-state index in [0.717, 1.165) is 16.8 Å². The van der Waals surface area contributed by atoms with Gasteiger partial charge < -0.3 is 15.4 Å². The first-order valence-electron chi connectivity index (χ1n) is 7.36. The Morgan fingerprint density at radius 2 is 1.79 bits per heavy atom. The van der Waals surface area contributed by atoms with Crippen LogP contribution in [-0.2, 0) is 4.79 Å². The van der Waals surface area contributed by atoms with Crippen molar-refractivity contribution in [3.63, 3.8) is 0 Å². The fourth-order valence-electron chi connectivity index (χ4n) is 2.26. The largest absolute Gasteiger partial charge is 0.496 e. The summed E-state index contributed by atoms with van der Waals surface area (Å²) in [6.07, 6.45) is 0. The second-order valence-electron chi connectivity index (χ2n) is 5.42. The molecule has 0 aliphatic rings. The number of methoxy groups -OCH3 is 1. The fraction of sp³-hybridized carbons (Fsp3) is 0.222. The molecule has 0 heterocycles. The van der Waals surface area contributed by atoms with Crippen molar-refractivity contribution < 1.29 is 14.3 Å². The molecule has 0 aromatic heterocycles. The van der Waals surface area contributed by atoms with E-state index in [-0.39, 0.29) is 22.4 Å². The van der Waals surface area contributed by atoms with Crippen LogP contribution in [0.25, 0.3) is 0 Å². The van der Waals surface area contributed by atoms with Crippen LogP contribution >= 0.6 is 11.6 Å². The quantitative estimate of drug-likeness (QED) is 0.872. The van der Waals surface area contributed by atoms with E-state index in [9.17, 15) is 9.59 Å². The van der Waals surface area contributed by atoms with Gasteiger partial charge in [0.2, 0.25) is 5.91 Å². The number of carbonyl (C=O) groups is 2. The predicted molar refractivity (Wildman–Crippen MR) is 96.2 cm³/mol. The molecule has 0 unspecified atom stereocenters. The summed E-state index contributed by atoms with van der Waals surface area (Å²) in [5.41, 5.74) is 3.48. The molecule has 2 aromatic rings. The third-order valence-electron chi connectivity index (χ3n) is 3.70. The third kappa shape index (κ3) is 3.86. The lowest BCUT2D eigenvalue weighted by Crippen LogP contribution is -2.15. The molecule has 0 aliphatic carbocycles. The van der Waals surface area contributed by atoms with Gasteiger partial charge in [-0.15, -0.1) is 0 Å². The Balaban J connectivity index is 2.36. The first kappa shape index (κ1) is 17.8. The molecule has 126 valence electrons. The molecule has 0 saturated heterocycles. The van der Waals surface area contributed by atoms with Crippen molar-refractivity contribution in [2.75, 3.05) is 17.7 Å². The number of carbonyl (C=O) groups excluding carboxylic acids is 2. The zero-order valence-electron chi connectivity index (χ0n) is 14.0. The van der Waals surface area contributed by atoms with Gasteiger partial charge in [0.1, 0.15) is 5.75 Å². The van der Waals surface area contributed by atoms with Crippen molar-refractivity contribution in [3.8, 4) is 5.75 Å². The second kappa shape index (κ2) is 7.36. The number of nitrogens with one attached hydrogen (secondary N) is 2. The van der Waals surface area contributed by atoms with Crippen molar-refractivity contribution in [1.82, 2.24) is 0 Å². The Bertz CT molecular complexity index is 803. The SMILES string of the molecule is COc1cc(NC(C)=O)c(Cl)cc1C(=O)Nc1cccc(C)c1C. The van der Waals surface area contributed by atoms with Gasteiger partial charge >= 0.3 is 0 Å². The van der Waals surface area contributed by atoms with Crippen molar-refractivity contribution in [3.05, 3.63) is 52.0 Å². The standard InChI is InChI=1S/C18H19ClN2O3/c1-10-6-5-7-15(11(10)2)21-18(23)13-8-14(19)16(20-12(3)22)9-17(13)24-4/h5-9H,1-4H3,(H,20,22)(H,21,23). The number of rotatable bonds is 4. The van der Waals surface area contributed by atoms with Gasteiger partial charge in [0, 0.05) is 18.7 Å². The third-order valence-corrected chi connectivity index (χ3v) is 4.01. The average Bonchev–Trinajstić information content (AvgIpc) is 2.52. The lowest BCUT2D eigenvalue weighted by atomic mass is 10.1. The Morgan fingerprint density at radius 3 is 2.42 bits per heavy atom. The van der Waals surface area contributed by atoms with Gasteiger partial charge in [-0.25, -0.2) is 0 Å². The van der Waals surface area contributed by atoms with Gasteiger partial charge in [0.05, 0.1) is 23.4 Å². The Kier molecular flexibility index (Phi) is 5.46. The zero-order valence-corrected chi connectivity index (χ0v) is 14.7. The van der Waals surface area contributed by atoms with Crippen LogP contribution in [0.3, 0.4) is 0 Å². The van der Waals surface area contributed by atoms with Gasteiger partial charge in [-0.05, 0) is 37.1 Å². The minimum absolute atomic E-state index is 0.258. The number of hydrogen-bond acceptors (Lipinski definition) is 3. The highest BCUT2D eigenvalue weighted by molar-refractivity contribution is 6.34. The lowest BCUT2D eigenvalue weighted by molar-refractivity contribution is -0.114. The molecule has 2 amide bonds. The second-order valence-corrected chi connectivity index (χ2v) is 5.82. The Morgan fingerprint density at radius 1 is 1.08 bits per heavy atom. The van der Waals surface area contributed by atoms with Crippen LogP contribution in [0.1, 0.15) is 28.4 Å². The summed E-state index contributed by atoms with van der Waals surface area (Å²) in [4.78, 5) is 23.8. The molecule has 5 nitrogen and oxygen atoms in total. The lowest BCUT2D eigenvalue weighted by Gasteiger charge is -2.14. The monoisotopic (exact) mass is 346 g/mol. The van der Waals surface area contributed by atoms with Gasteiger partial charge in [-0.1, -0.05) is 23.7 Å². The minimum Gasteiger partial charge on any atom is -0.496 e. The maximum atomic E-state index is 12.6. The van der Waals surface area contributed by atoms with Gasteiger partial charge in [-0.2, -0.15) is 0 Å². The van der Waals surface area contributed by atoms with Crippen molar-refractivity contribution in [2.24, 2.45) is 0 Å². The summed E-state index contributed by atoms with van der Waals surface area (Å²) in [6.45, 7) is 5.30. The van der Waals surface area contributed by atoms with Crippen LogP contribution in [0.2, 0.25) is 5.02 Å². The maximum absolute atomic E-state index is 12.6. The van der Waals surface area contributed by atoms with E-state index in [2.05, 4.69) is 10.6 Å². The summed E-state index contributed by atoms with van der Waals surface area (Å²) in [7, 11) is 1.45. The number of halogens is 1. The maximum Gasteiger partial charge on any atom is 0.259 e. The first-order chi connectivity index (χ1) is 11.3. The van der Waals surface area contributed by atoms with E-state index in [1.165, 1.54) is 26.2 Å². The average molecular weight is 347 g/mol. The van der Waals surface area contributed by atoms with Crippen molar-refractivity contribution >= 4 is 34.8 Å². The molecule has 0 saturated carbocycles. The molecule has 2 N–H and O–H groups in total. The fourth-order valence-corrected chi connectivity index (χ4v) is 2.47. The highest BCUT2D eigenvalue weighted by Crippen LogP contribution is 2.32. The summed E-state index contributed by atoms with van der Waals surface area (Å²) < 4.78 is 5.26. The predicted octanol–water partition coefficient (Wildman–Crippen LogP) is 4.18. The topological polar surface area (TPSA) is 67.4 Å². The summed E-state index contributed by atoms with van der Waals surface area (Å²) in [6, 6.07) is 8.70. The van der Waals surface area contributed by atoms with Crippen LogP contribution in [0, 0.1) is 13.8 Å². The van der Waals surface area contributed by atoms with Crippen molar-refractivity contribution in [1.29, 1.82) is 0 Å². The van der Waals surface area contributed by atoms with Gasteiger partial charge in [0.25, 0.3) is 5.91 Å². The van der Waals surface area contributed by atoms with Gasteiger partial charge in [-0.3, -0.25) is 9.59 Å². The molecule has 0 atom stereocenters. The molecule has 0 aliphatic heterocycles. The highest BCUT2D eigenvalue weighted by atomic mass is 35.5. The van der Waals surface area contributed by atoms with Crippen LogP contribution in [-0.4, -0.2) is 18.9 Å². The van der Waals surface area contributed by atoms with Crippen LogP contribution in [0.5, 0.6) is 5.75 Å². The number of anilines is 2. The van der Waals surface area contributed by atoms with E-state index in [1.54, 1.807) is 0 Å². The zero-order chi connectivity index (χ0) is 17.9. The number of hydrogen-bond donors (Lipinski definition) is 2. The van der Waals surface area contributed by atoms with Crippen LogP contribution in [0.4, 0.5) is 11.4 Å². The Hall–Kier alpha value is -2.53. The van der Waals surface area contributed by atoms with E-state index in [4.69, 9.17) is 16.3 Å². The van der Waals surface area contributed by atoms with Crippen LogP contribution < -0.4 is 15.4 Å². The van der Waals surface area contributed by atoms with E-state index in [0.29, 0.717) is 11.4 Å². The summed E-state index contributed by atoms with van der Waals surface area (Å²) in [5.74, 6) is -0.269. The number of amides is 2.